The van der Waals surface area contributed by atoms with E-state index in [1.165, 1.54) is 4.90 Å². The SMILES string of the molecule is C=CCc1cc2c(cc1OC)COC(=O)N2C. The fourth-order valence-corrected chi connectivity index (χ4v) is 1.92. The van der Waals surface area contributed by atoms with Crippen molar-refractivity contribution in [2.45, 2.75) is 13.0 Å². The van der Waals surface area contributed by atoms with Crippen LogP contribution in [0, 0.1) is 0 Å². The Morgan fingerprint density at radius 1 is 1.59 bits per heavy atom. The molecule has 0 saturated heterocycles. The van der Waals surface area contributed by atoms with Gasteiger partial charge in [-0.1, -0.05) is 6.08 Å². The number of rotatable bonds is 3. The number of amides is 1. The molecule has 0 unspecified atom stereocenters. The van der Waals surface area contributed by atoms with E-state index in [4.69, 9.17) is 9.47 Å². The summed E-state index contributed by atoms with van der Waals surface area (Å²) in [6.45, 7) is 4.01. The lowest BCUT2D eigenvalue weighted by molar-refractivity contribution is 0.143. The zero-order valence-electron chi connectivity index (χ0n) is 10.0. The molecule has 17 heavy (non-hydrogen) atoms. The Morgan fingerprint density at radius 2 is 2.35 bits per heavy atom. The zero-order valence-corrected chi connectivity index (χ0v) is 10.0. The Bertz CT molecular complexity index is 468. The molecule has 0 saturated carbocycles. The lowest BCUT2D eigenvalue weighted by Crippen LogP contribution is -2.32. The van der Waals surface area contributed by atoms with Crippen LogP contribution in [0.25, 0.3) is 0 Å². The van der Waals surface area contributed by atoms with Gasteiger partial charge in [-0.05, 0) is 24.1 Å². The first-order valence-electron chi connectivity index (χ1n) is 5.38. The number of nitrogens with zero attached hydrogens (tertiary/aromatic N) is 1. The molecule has 1 aromatic carbocycles. The molecular formula is C13H15NO3. The van der Waals surface area contributed by atoms with Gasteiger partial charge in [0.2, 0.25) is 0 Å². The second kappa shape index (κ2) is 4.49. The third kappa shape index (κ3) is 1.98. The number of carbonyl (C=O) groups excluding carboxylic acids is 1. The molecule has 0 aromatic heterocycles. The van der Waals surface area contributed by atoms with Crippen molar-refractivity contribution >= 4 is 11.8 Å². The smallest absolute Gasteiger partial charge is 0.414 e. The van der Waals surface area contributed by atoms with Crippen LogP contribution in [0.15, 0.2) is 24.8 Å². The van der Waals surface area contributed by atoms with E-state index >= 15 is 0 Å². The van der Waals surface area contributed by atoms with Crippen LogP contribution in [0.4, 0.5) is 10.5 Å². The minimum absolute atomic E-state index is 0.295. The Kier molecular flexibility index (Phi) is 3.04. The number of ether oxygens (including phenoxy) is 2. The molecule has 1 aromatic rings. The van der Waals surface area contributed by atoms with Gasteiger partial charge in [-0.3, -0.25) is 4.90 Å². The van der Waals surface area contributed by atoms with Crippen molar-refractivity contribution in [2.24, 2.45) is 0 Å². The van der Waals surface area contributed by atoms with Gasteiger partial charge < -0.3 is 9.47 Å². The molecule has 1 amide bonds. The van der Waals surface area contributed by atoms with Gasteiger partial charge in [-0.25, -0.2) is 4.79 Å². The second-order valence-electron chi connectivity index (χ2n) is 3.90. The number of cyclic esters (lactones) is 1. The monoisotopic (exact) mass is 233 g/mol. The van der Waals surface area contributed by atoms with Gasteiger partial charge in [0.05, 0.1) is 12.8 Å². The lowest BCUT2D eigenvalue weighted by Gasteiger charge is -2.26. The van der Waals surface area contributed by atoms with Crippen molar-refractivity contribution in [1.82, 2.24) is 0 Å². The van der Waals surface area contributed by atoms with Gasteiger partial charge >= 0.3 is 6.09 Å². The van der Waals surface area contributed by atoms with Crippen LogP contribution in [0.1, 0.15) is 11.1 Å². The predicted octanol–water partition coefficient (Wildman–Crippen LogP) is 2.51. The van der Waals surface area contributed by atoms with Crippen molar-refractivity contribution in [2.75, 3.05) is 19.1 Å². The summed E-state index contributed by atoms with van der Waals surface area (Å²) in [4.78, 5) is 12.9. The molecule has 0 aliphatic carbocycles. The molecule has 1 heterocycles. The zero-order chi connectivity index (χ0) is 12.4. The minimum Gasteiger partial charge on any atom is -0.496 e. The molecule has 90 valence electrons. The first kappa shape index (κ1) is 11.5. The van der Waals surface area contributed by atoms with E-state index in [1.54, 1.807) is 14.2 Å². The van der Waals surface area contributed by atoms with Crippen molar-refractivity contribution in [1.29, 1.82) is 0 Å². The van der Waals surface area contributed by atoms with E-state index in [0.29, 0.717) is 13.0 Å². The van der Waals surface area contributed by atoms with Crippen LogP contribution in [0.3, 0.4) is 0 Å². The third-order valence-corrected chi connectivity index (χ3v) is 2.83. The normalized spacial score (nSPS) is 14.0. The molecule has 0 N–H and O–H groups in total. The Morgan fingerprint density at radius 3 is 3.00 bits per heavy atom. The summed E-state index contributed by atoms with van der Waals surface area (Å²) in [7, 11) is 3.33. The summed E-state index contributed by atoms with van der Waals surface area (Å²) >= 11 is 0. The molecule has 0 atom stereocenters. The molecule has 0 radical (unpaired) electrons. The number of anilines is 1. The molecular weight excluding hydrogens is 218 g/mol. The number of allylic oxidation sites excluding steroid dienone is 1. The summed E-state index contributed by atoms with van der Waals surface area (Å²) in [6.07, 6.45) is 2.19. The first-order valence-corrected chi connectivity index (χ1v) is 5.38. The van der Waals surface area contributed by atoms with Crippen LogP contribution < -0.4 is 9.64 Å². The number of carbonyl (C=O) groups is 1. The van der Waals surface area contributed by atoms with Crippen molar-refractivity contribution in [3.8, 4) is 5.75 Å². The van der Waals surface area contributed by atoms with E-state index in [-0.39, 0.29) is 6.09 Å². The second-order valence-corrected chi connectivity index (χ2v) is 3.90. The van der Waals surface area contributed by atoms with Gasteiger partial charge in [-0.2, -0.15) is 0 Å². The quantitative estimate of drug-likeness (QED) is 0.753. The van der Waals surface area contributed by atoms with E-state index in [0.717, 1.165) is 22.6 Å². The molecule has 1 aliphatic rings. The highest BCUT2D eigenvalue weighted by atomic mass is 16.6. The van der Waals surface area contributed by atoms with Gasteiger partial charge in [0.15, 0.2) is 0 Å². The summed E-state index contributed by atoms with van der Waals surface area (Å²) in [5.41, 5.74) is 2.85. The summed E-state index contributed by atoms with van der Waals surface area (Å²) < 4.78 is 10.3. The van der Waals surface area contributed by atoms with E-state index in [9.17, 15) is 4.79 Å². The number of hydrogen-bond donors (Lipinski definition) is 0. The molecule has 0 fully saturated rings. The largest absolute Gasteiger partial charge is 0.496 e. The van der Waals surface area contributed by atoms with E-state index < -0.39 is 0 Å². The molecule has 4 nitrogen and oxygen atoms in total. The highest BCUT2D eigenvalue weighted by molar-refractivity contribution is 5.90. The summed E-state index contributed by atoms with van der Waals surface area (Å²) in [5, 5.41) is 0. The van der Waals surface area contributed by atoms with Crippen LogP contribution >= 0.6 is 0 Å². The van der Waals surface area contributed by atoms with E-state index in [1.807, 2.05) is 18.2 Å². The maximum Gasteiger partial charge on any atom is 0.414 e. The Hall–Kier alpha value is -1.97. The first-order chi connectivity index (χ1) is 8.17. The van der Waals surface area contributed by atoms with Gasteiger partial charge in [0, 0.05) is 12.6 Å². The average Bonchev–Trinajstić information content (AvgIpc) is 2.34. The molecule has 2 rings (SSSR count). The van der Waals surface area contributed by atoms with Crippen LogP contribution in [0.2, 0.25) is 0 Å². The third-order valence-electron chi connectivity index (χ3n) is 2.83. The fraction of sp³-hybridized carbons (Fsp3) is 0.308. The standard InChI is InChI=1S/C13H15NO3/c1-4-5-9-6-11-10(7-12(9)16-3)8-17-13(15)14(11)2/h4,6-7H,1,5,8H2,2-3H3. The topological polar surface area (TPSA) is 38.8 Å². The number of benzene rings is 1. The molecule has 0 bridgehead atoms. The minimum atomic E-state index is -0.327. The maximum atomic E-state index is 11.4. The molecule has 0 spiro atoms. The van der Waals surface area contributed by atoms with Crippen molar-refractivity contribution in [3.05, 3.63) is 35.9 Å². The maximum absolute atomic E-state index is 11.4. The van der Waals surface area contributed by atoms with Crippen LogP contribution in [-0.2, 0) is 17.8 Å². The van der Waals surface area contributed by atoms with E-state index in [2.05, 4.69) is 6.58 Å². The Labute approximate surface area is 100 Å². The lowest BCUT2D eigenvalue weighted by atomic mass is 10.0. The van der Waals surface area contributed by atoms with Gasteiger partial charge in [0.1, 0.15) is 12.4 Å². The van der Waals surface area contributed by atoms with Crippen LogP contribution in [-0.4, -0.2) is 20.3 Å². The molecule has 4 heteroatoms. The van der Waals surface area contributed by atoms with Gasteiger partial charge in [0.25, 0.3) is 0 Å². The fourth-order valence-electron chi connectivity index (χ4n) is 1.92. The van der Waals surface area contributed by atoms with Crippen molar-refractivity contribution < 1.29 is 14.3 Å². The Balaban J connectivity index is 2.50. The highest BCUT2D eigenvalue weighted by Gasteiger charge is 2.23. The van der Waals surface area contributed by atoms with Crippen molar-refractivity contribution in [3.63, 3.8) is 0 Å². The predicted molar refractivity (Wildman–Crippen MR) is 65.5 cm³/mol. The average molecular weight is 233 g/mol. The van der Waals surface area contributed by atoms with Crippen LogP contribution in [0.5, 0.6) is 5.75 Å². The number of fused-ring (bicyclic) bond motifs is 1. The number of hydrogen-bond acceptors (Lipinski definition) is 3. The van der Waals surface area contributed by atoms with Gasteiger partial charge in [-0.15, -0.1) is 6.58 Å². The summed E-state index contributed by atoms with van der Waals surface area (Å²) in [6, 6.07) is 3.87. The highest BCUT2D eigenvalue weighted by Crippen LogP contribution is 2.33. The molecule has 1 aliphatic heterocycles. The summed E-state index contributed by atoms with van der Waals surface area (Å²) in [5.74, 6) is 0.801. The number of methoxy groups -OCH3 is 1.